The molecular weight excluding hydrogens is 386 g/mol. The highest BCUT2D eigenvalue weighted by molar-refractivity contribution is 7.91. The van der Waals surface area contributed by atoms with Crippen molar-refractivity contribution in [2.45, 2.75) is 19.0 Å². The third-order valence-electron chi connectivity index (χ3n) is 5.08. The van der Waals surface area contributed by atoms with Crippen LogP contribution in [0.5, 0.6) is 0 Å². The van der Waals surface area contributed by atoms with Crippen LogP contribution in [0.1, 0.15) is 5.56 Å². The van der Waals surface area contributed by atoms with Crippen molar-refractivity contribution in [3.8, 4) is 0 Å². The number of anilines is 2. The molecule has 9 heteroatoms. The van der Waals surface area contributed by atoms with Gasteiger partial charge in [0.25, 0.3) is 5.69 Å². The van der Waals surface area contributed by atoms with Crippen molar-refractivity contribution in [3.05, 3.63) is 64.2 Å². The molecule has 2 atom stereocenters. The monoisotopic (exact) mass is 403 g/mol. The first kappa shape index (κ1) is 17.9. The van der Waals surface area contributed by atoms with Gasteiger partial charge in [0.05, 0.1) is 28.5 Å². The van der Waals surface area contributed by atoms with E-state index in [1.54, 1.807) is 12.1 Å². The molecule has 2 aliphatic heterocycles. The number of benzene rings is 2. The molecule has 7 nitrogen and oxygen atoms in total. The molecular formula is C18H17N3O4S2. The van der Waals surface area contributed by atoms with E-state index in [-0.39, 0.29) is 29.3 Å². The van der Waals surface area contributed by atoms with Gasteiger partial charge in [0, 0.05) is 23.5 Å². The molecule has 2 fully saturated rings. The maximum atomic E-state index is 12.3. The van der Waals surface area contributed by atoms with Crippen LogP contribution in [0.25, 0.3) is 0 Å². The van der Waals surface area contributed by atoms with E-state index in [1.165, 1.54) is 12.1 Å². The molecule has 0 radical (unpaired) electrons. The van der Waals surface area contributed by atoms with Crippen LogP contribution in [0.4, 0.5) is 17.1 Å². The van der Waals surface area contributed by atoms with Crippen LogP contribution in [-0.2, 0) is 9.84 Å². The van der Waals surface area contributed by atoms with Gasteiger partial charge in [-0.05, 0) is 42.9 Å². The SMILES string of the molecule is Cc1ccccc1N1C(=S)N(c2ccc([N+](=O)[O-])cc2)[C@@H]2CS(=O)(=O)C[C@@H]21. The van der Waals surface area contributed by atoms with Crippen molar-refractivity contribution < 1.29 is 13.3 Å². The van der Waals surface area contributed by atoms with Crippen LogP contribution in [0.15, 0.2) is 48.5 Å². The molecule has 2 aliphatic rings. The maximum Gasteiger partial charge on any atom is 0.269 e. The van der Waals surface area contributed by atoms with Crippen molar-refractivity contribution in [1.82, 2.24) is 0 Å². The summed E-state index contributed by atoms with van der Waals surface area (Å²) in [6.45, 7) is 1.96. The Kier molecular flexibility index (Phi) is 4.15. The van der Waals surface area contributed by atoms with E-state index < -0.39 is 14.8 Å². The van der Waals surface area contributed by atoms with E-state index in [4.69, 9.17) is 12.2 Å². The second-order valence-electron chi connectivity index (χ2n) is 6.79. The minimum atomic E-state index is -3.20. The number of hydrogen-bond acceptors (Lipinski definition) is 5. The zero-order valence-electron chi connectivity index (χ0n) is 14.5. The summed E-state index contributed by atoms with van der Waals surface area (Å²) in [7, 11) is -3.20. The number of aryl methyl sites for hydroxylation is 1. The van der Waals surface area contributed by atoms with Gasteiger partial charge in [-0.25, -0.2) is 8.42 Å². The molecule has 2 saturated heterocycles. The lowest BCUT2D eigenvalue weighted by molar-refractivity contribution is -0.384. The number of para-hydroxylation sites is 1. The molecule has 0 N–H and O–H groups in total. The van der Waals surface area contributed by atoms with E-state index in [9.17, 15) is 18.5 Å². The number of nitro groups is 1. The molecule has 2 aromatic carbocycles. The van der Waals surface area contributed by atoms with Gasteiger partial charge in [-0.3, -0.25) is 10.1 Å². The summed E-state index contributed by atoms with van der Waals surface area (Å²) in [6.07, 6.45) is 0. The Labute approximate surface area is 162 Å². The first-order valence-electron chi connectivity index (χ1n) is 8.41. The summed E-state index contributed by atoms with van der Waals surface area (Å²) in [6, 6.07) is 13.2. The Morgan fingerprint density at radius 1 is 1.04 bits per heavy atom. The lowest BCUT2D eigenvalue weighted by Gasteiger charge is -2.26. The summed E-state index contributed by atoms with van der Waals surface area (Å²) in [5, 5.41) is 11.4. The molecule has 0 spiro atoms. The smallest absolute Gasteiger partial charge is 0.269 e. The van der Waals surface area contributed by atoms with Crippen molar-refractivity contribution in [2.75, 3.05) is 21.3 Å². The van der Waals surface area contributed by atoms with Crippen LogP contribution in [-0.4, -0.2) is 42.0 Å². The van der Waals surface area contributed by atoms with Gasteiger partial charge < -0.3 is 9.80 Å². The van der Waals surface area contributed by atoms with Crippen LogP contribution < -0.4 is 9.80 Å². The topological polar surface area (TPSA) is 83.8 Å². The van der Waals surface area contributed by atoms with Gasteiger partial charge in [0.1, 0.15) is 0 Å². The number of nitro benzene ring substituents is 1. The van der Waals surface area contributed by atoms with E-state index in [2.05, 4.69) is 0 Å². The quantitative estimate of drug-likeness (QED) is 0.443. The van der Waals surface area contributed by atoms with E-state index in [1.807, 2.05) is 41.0 Å². The number of thiocarbonyl (C=S) groups is 1. The van der Waals surface area contributed by atoms with Crippen molar-refractivity contribution >= 4 is 44.2 Å². The summed E-state index contributed by atoms with van der Waals surface area (Å²) >= 11 is 5.72. The predicted octanol–water partition coefficient (Wildman–Crippen LogP) is 2.68. The zero-order chi connectivity index (χ0) is 19.3. The molecule has 2 heterocycles. The molecule has 0 aromatic heterocycles. The van der Waals surface area contributed by atoms with Gasteiger partial charge in [-0.2, -0.15) is 0 Å². The van der Waals surface area contributed by atoms with Crippen LogP contribution in [0.3, 0.4) is 0 Å². The van der Waals surface area contributed by atoms with Gasteiger partial charge in [-0.1, -0.05) is 18.2 Å². The number of rotatable bonds is 3. The number of nitrogens with zero attached hydrogens (tertiary/aromatic N) is 3. The normalized spacial score (nSPS) is 23.5. The Hall–Kier alpha value is -2.52. The minimum Gasteiger partial charge on any atom is -0.312 e. The molecule has 0 unspecified atom stereocenters. The first-order chi connectivity index (χ1) is 12.8. The highest BCUT2D eigenvalue weighted by atomic mass is 32.2. The number of non-ortho nitro benzene ring substituents is 1. The first-order valence-corrected chi connectivity index (χ1v) is 10.6. The fourth-order valence-electron chi connectivity index (χ4n) is 3.86. The van der Waals surface area contributed by atoms with E-state index >= 15 is 0 Å². The highest BCUT2D eigenvalue weighted by Crippen LogP contribution is 2.39. The lowest BCUT2D eigenvalue weighted by Crippen LogP contribution is -2.38. The third-order valence-corrected chi connectivity index (χ3v) is 7.17. The molecule has 0 bridgehead atoms. The lowest BCUT2D eigenvalue weighted by atomic mass is 10.1. The summed E-state index contributed by atoms with van der Waals surface area (Å²) < 4.78 is 24.7. The summed E-state index contributed by atoms with van der Waals surface area (Å²) in [5.74, 6) is 0.0484. The second kappa shape index (κ2) is 6.28. The summed E-state index contributed by atoms with van der Waals surface area (Å²) in [5.41, 5.74) is 2.54. The summed E-state index contributed by atoms with van der Waals surface area (Å²) in [4.78, 5) is 14.2. The Bertz CT molecular complexity index is 1040. The second-order valence-corrected chi connectivity index (χ2v) is 9.31. The van der Waals surface area contributed by atoms with E-state index in [0.29, 0.717) is 10.8 Å². The maximum absolute atomic E-state index is 12.3. The van der Waals surface area contributed by atoms with E-state index in [0.717, 1.165) is 11.3 Å². The van der Waals surface area contributed by atoms with Crippen LogP contribution in [0.2, 0.25) is 0 Å². The van der Waals surface area contributed by atoms with Gasteiger partial charge in [0.2, 0.25) is 0 Å². The average molecular weight is 403 g/mol. The Morgan fingerprint density at radius 3 is 2.22 bits per heavy atom. The standard InChI is InChI=1S/C18H17N3O4S2/c1-12-4-2-3-5-15(12)20-17-11-27(24,25)10-16(17)19(18(20)26)13-6-8-14(9-7-13)21(22)23/h2-9,16-17H,10-11H2,1H3/t16-,17+/m1/s1. The van der Waals surface area contributed by atoms with Gasteiger partial charge >= 0.3 is 0 Å². The predicted molar refractivity (Wildman–Crippen MR) is 108 cm³/mol. The fourth-order valence-corrected chi connectivity index (χ4v) is 6.25. The van der Waals surface area contributed by atoms with Crippen LogP contribution in [0, 0.1) is 17.0 Å². The Balaban J connectivity index is 1.79. The highest BCUT2D eigenvalue weighted by Gasteiger charge is 2.52. The number of sulfone groups is 1. The molecule has 140 valence electrons. The van der Waals surface area contributed by atoms with Crippen molar-refractivity contribution in [3.63, 3.8) is 0 Å². The van der Waals surface area contributed by atoms with Gasteiger partial charge in [-0.15, -0.1) is 0 Å². The third kappa shape index (κ3) is 2.96. The van der Waals surface area contributed by atoms with Crippen LogP contribution >= 0.6 is 12.2 Å². The minimum absolute atomic E-state index is 0.0111. The molecule has 2 aromatic rings. The largest absolute Gasteiger partial charge is 0.312 e. The molecule has 0 amide bonds. The number of hydrogen-bond donors (Lipinski definition) is 0. The fraction of sp³-hybridized carbons (Fsp3) is 0.278. The zero-order valence-corrected chi connectivity index (χ0v) is 16.1. The molecule has 0 aliphatic carbocycles. The Morgan fingerprint density at radius 2 is 1.63 bits per heavy atom. The average Bonchev–Trinajstić information content (AvgIpc) is 3.04. The molecule has 27 heavy (non-hydrogen) atoms. The molecule has 4 rings (SSSR count). The van der Waals surface area contributed by atoms with Crippen molar-refractivity contribution in [2.24, 2.45) is 0 Å². The van der Waals surface area contributed by atoms with Crippen molar-refractivity contribution in [1.29, 1.82) is 0 Å². The van der Waals surface area contributed by atoms with Gasteiger partial charge in [0.15, 0.2) is 14.9 Å². The molecule has 0 saturated carbocycles. The number of fused-ring (bicyclic) bond motifs is 1.